The summed E-state index contributed by atoms with van der Waals surface area (Å²) in [6.07, 6.45) is -1.42. The number of halogens is 3. The van der Waals surface area contributed by atoms with E-state index < -0.39 is 23.4 Å². The SMILES string of the molecule is CCN1CCCC(NC(=S)Nc2nc(-c3c(C)cc(C(F)(F)F)cc3O)cnc2O)C1. The molecule has 4 N–H and O–H groups in total. The maximum absolute atomic E-state index is 13.0. The van der Waals surface area contributed by atoms with Gasteiger partial charge < -0.3 is 25.7 Å². The van der Waals surface area contributed by atoms with E-state index in [1.165, 1.54) is 13.1 Å². The molecule has 1 aromatic carbocycles. The second kappa shape index (κ2) is 9.23. The summed E-state index contributed by atoms with van der Waals surface area (Å²) in [5.41, 5.74) is -0.605. The molecule has 2 aromatic rings. The standard InChI is InChI=1S/C20H24F3N5O2S/c1-3-28-6-4-5-13(10-28)25-19(31)27-17-18(30)24-9-14(26-17)16-11(2)7-12(8-15(16)29)20(21,22)23/h7-9,13,29H,3-6,10H2,1-2H3,(H,24,30)(H2,25,26,27,31). The summed E-state index contributed by atoms with van der Waals surface area (Å²) in [5.74, 6) is -1.06. The van der Waals surface area contributed by atoms with E-state index in [9.17, 15) is 23.4 Å². The Morgan fingerprint density at radius 3 is 2.71 bits per heavy atom. The average molecular weight is 456 g/mol. The molecule has 0 aliphatic carbocycles. The number of piperidine rings is 1. The predicted molar refractivity (Wildman–Crippen MR) is 115 cm³/mol. The lowest BCUT2D eigenvalue weighted by molar-refractivity contribution is -0.137. The van der Waals surface area contributed by atoms with Gasteiger partial charge in [0.1, 0.15) is 5.75 Å². The van der Waals surface area contributed by atoms with E-state index in [0.29, 0.717) is 6.07 Å². The largest absolute Gasteiger partial charge is 0.507 e. The van der Waals surface area contributed by atoms with Crippen molar-refractivity contribution in [3.63, 3.8) is 0 Å². The van der Waals surface area contributed by atoms with Crippen molar-refractivity contribution in [3.8, 4) is 22.9 Å². The number of hydrogen-bond donors (Lipinski definition) is 4. The Kier molecular flexibility index (Phi) is 6.85. The fourth-order valence-electron chi connectivity index (χ4n) is 3.64. The van der Waals surface area contributed by atoms with Crippen LogP contribution in [0.5, 0.6) is 11.6 Å². The maximum Gasteiger partial charge on any atom is 0.416 e. The van der Waals surface area contributed by atoms with Gasteiger partial charge >= 0.3 is 6.18 Å². The minimum absolute atomic E-state index is 0.0585. The van der Waals surface area contributed by atoms with Gasteiger partial charge in [-0.25, -0.2) is 9.97 Å². The minimum atomic E-state index is -4.58. The zero-order valence-electron chi connectivity index (χ0n) is 17.1. The van der Waals surface area contributed by atoms with E-state index in [1.54, 1.807) is 0 Å². The fraction of sp³-hybridized carbons (Fsp3) is 0.450. The van der Waals surface area contributed by atoms with E-state index >= 15 is 0 Å². The quantitative estimate of drug-likeness (QED) is 0.519. The molecular formula is C20H24F3N5O2S. The van der Waals surface area contributed by atoms with E-state index in [2.05, 4.69) is 32.4 Å². The molecule has 0 bridgehead atoms. The number of phenolic OH excluding ortho intramolecular Hbond substituents is 1. The third-order valence-electron chi connectivity index (χ3n) is 5.17. The Hall–Kier alpha value is -2.66. The predicted octanol–water partition coefficient (Wildman–Crippen LogP) is 3.65. The average Bonchev–Trinajstić information content (AvgIpc) is 2.69. The molecule has 0 radical (unpaired) electrons. The summed E-state index contributed by atoms with van der Waals surface area (Å²) in [6, 6.07) is 1.71. The van der Waals surface area contributed by atoms with E-state index in [-0.39, 0.29) is 33.8 Å². The summed E-state index contributed by atoms with van der Waals surface area (Å²) in [6.45, 7) is 6.36. The van der Waals surface area contributed by atoms with Crippen LogP contribution in [0.4, 0.5) is 19.0 Å². The van der Waals surface area contributed by atoms with Crippen LogP contribution in [-0.2, 0) is 6.18 Å². The van der Waals surface area contributed by atoms with Crippen LogP contribution >= 0.6 is 12.2 Å². The molecule has 0 saturated carbocycles. The molecule has 11 heteroatoms. The number of rotatable bonds is 4. The highest BCUT2D eigenvalue weighted by atomic mass is 32.1. The highest BCUT2D eigenvalue weighted by Crippen LogP contribution is 2.39. The number of nitrogens with one attached hydrogen (secondary N) is 2. The number of aromatic hydroxyl groups is 2. The number of alkyl halides is 3. The van der Waals surface area contributed by atoms with E-state index in [0.717, 1.165) is 38.5 Å². The van der Waals surface area contributed by atoms with Gasteiger partial charge in [-0.15, -0.1) is 0 Å². The van der Waals surface area contributed by atoms with Crippen molar-refractivity contribution in [2.75, 3.05) is 25.0 Å². The Morgan fingerprint density at radius 1 is 1.32 bits per heavy atom. The third-order valence-corrected chi connectivity index (χ3v) is 5.39. The zero-order chi connectivity index (χ0) is 22.8. The molecule has 7 nitrogen and oxygen atoms in total. The van der Waals surface area contributed by atoms with Gasteiger partial charge in [-0.1, -0.05) is 6.92 Å². The normalized spacial score (nSPS) is 17.4. The highest BCUT2D eigenvalue weighted by Gasteiger charge is 2.32. The molecule has 1 atom stereocenters. The van der Waals surface area contributed by atoms with E-state index in [1.807, 2.05) is 0 Å². The van der Waals surface area contributed by atoms with Crippen LogP contribution in [0, 0.1) is 6.92 Å². The van der Waals surface area contributed by atoms with Gasteiger partial charge in [0.05, 0.1) is 17.5 Å². The van der Waals surface area contributed by atoms with Crippen LogP contribution in [0.25, 0.3) is 11.3 Å². The van der Waals surface area contributed by atoms with Gasteiger partial charge in [-0.3, -0.25) is 0 Å². The number of anilines is 1. The summed E-state index contributed by atoms with van der Waals surface area (Å²) in [5, 5.41) is 26.5. The summed E-state index contributed by atoms with van der Waals surface area (Å²) in [7, 11) is 0. The number of hydrogen-bond acceptors (Lipinski definition) is 6. The van der Waals surface area contributed by atoms with Crippen LogP contribution < -0.4 is 10.6 Å². The lowest BCUT2D eigenvalue weighted by Gasteiger charge is -2.32. The third kappa shape index (κ3) is 5.53. The van der Waals surface area contributed by atoms with Gasteiger partial charge in [0, 0.05) is 18.2 Å². The smallest absolute Gasteiger partial charge is 0.416 e. The second-order valence-corrected chi connectivity index (χ2v) is 7.85. The molecule has 0 spiro atoms. The molecule has 1 saturated heterocycles. The first-order valence-electron chi connectivity index (χ1n) is 9.85. The number of aryl methyl sites for hydroxylation is 1. The Morgan fingerprint density at radius 2 is 2.06 bits per heavy atom. The number of benzene rings is 1. The van der Waals surface area contributed by atoms with Crippen molar-refractivity contribution in [3.05, 3.63) is 29.5 Å². The van der Waals surface area contributed by atoms with Crippen LogP contribution in [0.1, 0.15) is 30.9 Å². The molecule has 3 rings (SSSR count). The highest BCUT2D eigenvalue weighted by molar-refractivity contribution is 7.80. The first-order valence-corrected chi connectivity index (χ1v) is 10.3. The number of aromatic nitrogens is 2. The Labute approximate surface area is 183 Å². The first kappa shape index (κ1) is 23.0. The molecule has 0 amide bonds. The van der Waals surface area contributed by atoms with Crippen molar-refractivity contribution >= 4 is 23.1 Å². The van der Waals surface area contributed by atoms with Gasteiger partial charge in [-0.05, 0) is 62.8 Å². The zero-order valence-corrected chi connectivity index (χ0v) is 17.9. The van der Waals surface area contributed by atoms with Gasteiger partial charge in [-0.2, -0.15) is 13.2 Å². The number of likely N-dealkylation sites (tertiary alicyclic amines) is 1. The van der Waals surface area contributed by atoms with Gasteiger partial charge in [0.25, 0.3) is 5.88 Å². The molecule has 31 heavy (non-hydrogen) atoms. The molecule has 1 fully saturated rings. The van der Waals surface area contributed by atoms with Crippen molar-refractivity contribution in [1.29, 1.82) is 0 Å². The molecule has 1 aliphatic rings. The van der Waals surface area contributed by atoms with Crippen molar-refractivity contribution in [2.45, 2.75) is 38.9 Å². The topological polar surface area (TPSA) is 93.5 Å². The lowest BCUT2D eigenvalue weighted by Crippen LogP contribution is -2.48. The maximum atomic E-state index is 13.0. The van der Waals surface area contributed by atoms with Gasteiger partial charge in [0.15, 0.2) is 10.9 Å². The number of likely N-dealkylation sites (N-methyl/N-ethyl adjacent to an activating group) is 1. The molecule has 2 heterocycles. The molecule has 1 aromatic heterocycles. The molecular weight excluding hydrogens is 431 g/mol. The van der Waals surface area contributed by atoms with Gasteiger partial charge in [0.2, 0.25) is 0 Å². The van der Waals surface area contributed by atoms with Crippen LogP contribution in [0.2, 0.25) is 0 Å². The number of nitrogens with zero attached hydrogens (tertiary/aromatic N) is 3. The Balaban J connectivity index is 1.80. The summed E-state index contributed by atoms with van der Waals surface area (Å²) < 4.78 is 38.9. The summed E-state index contributed by atoms with van der Waals surface area (Å²) in [4.78, 5) is 10.4. The van der Waals surface area contributed by atoms with Crippen molar-refractivity contribution < 1.29 is 23.4 Å². The first-order chi connectivity index (χ1) is 14.6. The number of thiocarbonyl (C=S) groups is 1. The molecule has 168 valence electrons. The van der Waals surface area contributed by atoms with Crippen LogP contribution in [-0.4, -0.2) is 55.9 Å². The minimum Gasteiger partial charge on any atom is -0.507 e. The van der Waals surface area contributed by atoms with Crippen molar-refractivity contribution in [1.82, 2.24) is 20.2 Å². The molecule has 1 aliphatic heterocycles. The molecule has 1 unspecified atom stereocenters. The van der Waals surface area contributed by atoms with Crippen molar-refractivity contribution in [2.24, 2.45) is 0 Å². The summed E-state index contributed by atoms with van der Waals surface area (Å²) >= 11 is 5.33. The van der Waals surface area contributed by atoms with E-state index in [4.69, 9.17) is 12.2 Å². The Bertz CT molecular complexity index is 947. The van der Waals surface area contributed by atoms with Crippen LogP contribution in [0.15, 0.2) is 18.3 Å². The van der Waals surface area contributed by atoms with Crippen LogP contribution in [0.3, 0.4) is 0 Å². The lowest BCUT2D eigenvalue weighted by atomic mass is 10.0. The number of phenols is 1. The fourth-order valence-corrected chi connectivity index (χ4v) is 3.91. The second-order valence-electron chi connectivity index (χ2n) is 7.44. The monoisotopic (exact) mass is 455 g/mol.